The number of nitrogens with zero attached hydrogens (tertiary/aromatic N) is 2. The second-order valence-electron chi connectivity index (χ2n) is 8.94. The minimum atomic E-state index is -0.546. The Hall–Kier alpha value is -3.13. The molecule has 3 rings (SSSR count). The minimum Gasteiger partial charge on any atom is -0.366 e. The van der Waals surface area contributed by atoms with Crippen LogP contribution in [0.3, 0.4) is 0 Å². The predicted octanol–water partition coefficient (Wildman–Crippen LogP) is 6.18. The van der Waals surface area contributed by atoms with Gasteiger partial charge in [-0.3, -0.25) is 4.79 Å². The van der Waals surface area contributed by atoms with Crippen LogP contribution in [0.5, 0.6) is 0 Å². The number of nitriles is 1. The largest absolute Gasteiger partial charge is 0.366 e. The number of benzene rings is 2. The Balaban J connectivity index is 1.98. The van der Waals surface area contributed by atoms with Gasteiger partial charge in [0.25, 0.3) is 5.91 Å². The molecule has 5 heteroatoms. The number of nitrogens with one attached hydrogen (secondary N) is 1. The molecule has 0 bridgehead atoms. The first-order valence-electron chi connectivity index (χ1n) is 10.8. The summed E-state index contributed by atoms with van der Waals surface area (Å²) in [6.45, 7) is 11.4. The topological polar surface area (TPSA) is 56.1 Å². The van der Waals surface area contributed by atoms with Gasteiger partial charge in [0.2, 0.25) is 0 Å². The van der Waals surface area contributed by atoms with Gasteiger partial charge in [0.05, 0.1) is 0 Å². The van der Waals surface area contributed by atoms with Crippen molar-refractivity contribution in [1.29, 1.82) is 5.26 Å². The standard InChI is InChI=1S/C26H30FN3O/c1-6-11-30-24-14-22(27)19(13-21(24)18(3)15-26(30,4)5)12-20(16-28)25(31)29-23-10-8-7-9-17(23)2/h7-10,12-14,18H,6,11,15H2,1-5H3,(H,29,31)/b20-12+. The Morgan fingerprint density at radius 1 is 1.35 bits per heavy atom. The fraction of sp³-hybridized carbons (Fsp3) is 0.385. The highest BCUT2D eigenvalue weighted by Gasteiger charge is 2.36. The molecule has 1 heterocycles. The normalized spacial score (nSPS) is 17.6. The van der Waals surface area contributed by atoms with Gasteiger partial charge in [0, 0.05) is 29.0 Å². The average Bonchev–Trinajstić information content (AvgIpc) is 2.71. The Morgan fingerprint density at radius 3 is 2.71 bits per heavy atom. The number of rotatable bonds is 5. The Labute approximate surface area is 184 Å². The predicted molar refractivity (Wildman–Crippen MR) is 125 cm³/mol. The van der Waals surface area contributed by atoms with Crippen molar-refractivity contribution in [2.75, 3.05) is 16.8 Å². The van der Waals surface area contributed by atoms with E-state index in [0.29, 0.717) is 5.69 Å². The third kappa shape index (κ3) is 4.64. The van der Waals surface area contributed by atoms with E-state index in [0.717, 1.165) is 36.2 Å². The first-order chi connectivity index (χ1) is 14.7. The fourth-order valence-corrected chi connectivity index (χ4v) is 4.49. The van der Waals surface area contributed by atoms with E-state index in [2.05, 4.69) is 37.9 Å². The molecule has 0 radical (unpaired) electrons. The van der Waals surface area contributed by atoms with Crippen molar-refractivity contribution >= 4 is 23.4 Å². The van der Waals surface area contributed by atoms with E-state index in [-0.39, 0.29) is 22.6 Å². The van der Waals surface area contributed by atoms with Crippen molar-refractivity contribution in [2.45, 2.75) is 58.9 Å². The molecule has 0 saturated heterocycles. The second kappa shape index (κ2) is 8.93. The van der Waals surface area contributed by atoms with Gasteiger partial charge in [-0.05, 0) is 74.9 Å². The van der Waals surface area contributed by atoms with Crippen molar-refractivity contribution in [3.05, 3.63) is 64.5 Å². The van der Waals surface area contributed by atoms with Gasteiger partial charge >= 0.3 is 0 Å². The lowest BCUT2D eigenvalue weighted by Gasteiger charge is -2.47. The number of carbonyl (C=O) groups excluding carboxylic acids is 1. The van der Waals surface area contributed by atoms with Crippen LogP contribution in [0.4, 0.5) is 15.8 Å². The molecule has 0 fully saturated rings. The Morgan fingerprint density at radius 2 is 2.06 bits per heavy atom. The maximum absolute atomic E-state index is 15.1. The number of halogens is 1. The van der Waals surface area contributed by atoms with Gasteiger partial charge in [0.1, 0.15) is 17.5 Å². The van der Waals surface area contributed by atoms with E-state index >= 15 is 4.39 Å². The first-order valence-corrected chi connectivity index (χ1v) is 10.8. The molecule has 2 aromatic rings. The SMILES string of the molecule is CCCN1c2cc(F)c(/C=C(\C#N)C(=O)Nc3ccccc3C)cc2C(C)CC1(C)C. The number of amides is 1. The lowest BCUT2D eigenvalue weighted by molar-refractivity contribution is -0.112. The molecular weight excluding hydrogens is 389 g/mol. The molecule has 0 spiro atoms. The highest BCUT2D eigenvalue weighted by atomic mass is 19.1. The molecule has 0 aliphatic carbocycles. The van der Waals surface area contributed by atoms with Crippen molar-refractivity contribution in [2.24, 2.45) is 0 Å². The molecule has 162 valence electrons. The van der Waals surface area contributed by atoms with Crippen molar-refractivity contribution in [3.8, 4) is 6.07 Å². The molecular formula is C26H30FN3O. The maximum Gasteiger partial charge on any atom is 0.266 e. The summed E-state index contributed by atoms with van der Waals surface area (Å²) in [7, 11) is 0. The quantitative estimate of drug-likeness (QED) is 0.465. The van der Waals surface area contributed by atoms with Crippen LogP contribution in [-0.4, -0.2) is 18.0 Å². The van der Waals surface area contributed by atoms with Gasteiger partial charge in [0.15, 0.2) is 0 Å². The molecule has 2 aromatic carbocycles. The van der Waals surface area contributed by atoms with E-state index < -0.39 is 11.7 Å². The molecule has 1 amide bonds. The summed E-state index contributed by atoms with van der Waals surface area (Å²) in [6.07, 6.45) is 3.27. The number of hydrogen-bond acceptors (Lipinski definition) is 3. The lowest BCUT2D eigenvalue weighted by atomic mass is 9.79. The minimum absolute atomic E-state index is 0.0581. The molecule has 1 aliphatic rings. The van der Waals surface area contributed by atoms with E-state index in [1.54, 1.807) is 18.2 Å². The number of aryl methyl sites for hydroxylation is 1. The zero-order chi connectivity index (χ0) is 22.8. The van der Waals surface area contributed by atoms with Gasteiger partial charge in [-0.25, -0.2) is 4.39 Å². The third-order valence-corrected chi connectivity index (χ3v) is 6.01. The summed E-state index contributed by atoms with van der Waals surface area (Å²) in [5.74, 6) is -0.728. The van der Waals surface area contributed by atoms with Crippen LogP contribution in [0.25, 0.3) is 6.08 Å². The number of carbonyl (C=O) groups is 1. The third-order valence-electron chi connectivity index (χ3n) is 6.01. The van der Waals surface area contributed by atoms with E-state index in [4.69, 9.17) is 0 Å². The van der Waals surface area contributed by atoms with E-state index in [1.165, 1.54) is 6.08 Å². The smallest absolute Gasteiger partial charge is 0.266 e. The molecule has 0 aromatic heterocycles. The number of para-hydroxylation sites is 1. The van der Waals surface area contributed by atoms with E-state index in [9.17, 15) is 10.1 Å². The lowest BCUT2D eigenvalue weighted by Crippen LogP contribution is -2.48. The van der Waals surface area contributed by atoms with Gasteiger partial charge in [-0.2, -0.15) is 5.26 Å². The summed E-state index contributed by atoms with van der Waals surface area (Å²) >= 11 is 0. The van der Waals surface area contributed by atoms with Crippen molar-refractivity contribution < 1.29 is 9.18 Å². The summed E-state index contributed by atoms with van der Waals surface area (Å²) in [5, 5.41) is 12.3. The van der Waals surface area contributed by atoms with Gasteiger partial charge in [-0.15, -0.1) is 0 Å². The molecule has 4 nitrogen and oxygen atoms in total. The van der Waals surface area contributed by atoms with E-state index in [1.807, 2.05) is 31.2 Å². The summed E-state index contributed by atoms with van der Waals surface area (Å²) in [4.78, 5) is 14.9. The summed E-state index contributed by atoms with van der Waals surface area (Å²) in [6, 6.07) is 12.6. The average molecular weight is 420 g/mol. The molecule has 1 aliphatic heterocycles. The van der Waals surface area contributed by atoms with Crippen LogP contribution in [0.1, 0.15) is 63.1 Å². The number of hydrogen-bond donors (Lipinski definition) is 1. The summed E-state index contributed by atoms with van der Waals surface area (Å²) < 4.78 is 15.1. The van der Waals surface area contributed by atoms with Crippen LogP contribution >= 0.6 is 0 Å². The highest BCUT2D eigenvalue weighted by Crippen LogP contribution is 2.44. The van der Waals surface area contributed by atoms with Crippen LogP contribution in [0.15, 0.2) is 42.0 Å². The number of anilines is 2. The highest BCUT2D eigenvalue weighted by molar-refractivity contribution is 6.10. The van der Waals surface area contributed by atoms with Crippen LogP contribution < -0.4 is 10.2 Å². The molecule has 31 heavy (non-hydrogen) atoms. The van der Waals surface area contributed by atoms with Crippen molar-refractivity contribution in [1.82, 2.24) is 0 Å². The zero-order valence-electron chi connectivity index (χ0n) is 18.9. The van der Waals surface area contributed by atoms with Crippen LogP contribution in [0.2, 0.25) is 0 Å². The molecule has 1 N–H and O–H groups in total. The Bertz CT molecular complexity index is 1060. The fourth-order valence-electron chi connectivity index (χ4n) is 4.49. The zero-order valence-corrected chi connectivity index (χ0v) is 18.9. The maximum atomic E-state index is 15.1. The monoisotopic (exact) mass is 419 g/mol. The van der Waals surface area contributed by atoms with Gasteiger partial charge < -0.3 is 10.2 Å². The molecule has 1 unspecified atom stereocenters. The van der Waals surface area contributed by atoms with Gasteiger partial charge in [-0.1, -0.05) is 32.0 Å². The van der Waals surface area contributed by atoms with Crippen LogP contribution in [-0.2, 0) is 4.79 Å². The Kier molecular flexibility index (Phi) is 6.50. The number of fused-ring (bicyclic) bond motifs is 1. The van der Waals surface area contributed by atoms with Crippen molar-refractivity contribution in [3.63, 3.8) is 0 Å². The first kappa shape index (κ1) is 22.6. The molecule has 0 saturated carbocycles. The summed E-state index contributed by atoms with van der Waals surface area (Å²) in [5.41, 5.74) is 3.55. The molecule has 1 atom stereocenters. The van der Waals surface area contributed by atoms with Crippen LogP contribution in [0, 0.1) is 24.1 Å². The second-order valence-corrected chi connectivity index (χ2v) is 8.94.